The molecule has 26 heavy (non-hydrogen) atoms. The Hall–Kier alpha value is -1.97. The molecule has 0 fully saturated rings. The van der Waals surface area contributed by atoms with Gasteiger partial charge in [0.25, 0.3) is 0 Å². The number of ether oxygens (including phenoxy) is 4. The topological polar surface area (TPSA) is 83.1 Å². The van der Waals surface area contributed by atoms with Crippen molar-refractivity contribution < 1.29 is 27.4 Å². The Labute approximate surface area is 160 Å². The van der Waals surface area contributed by atoms with Crippen LogP contribution in [-0.4, -0.2) is 35.0 Å². The van der Waals surface area contributed by atoms with Gasteiger partial charge in [0.1, 0.15) is 23.0 Å². The summed E-state index contributed by atoms with van der Waals surface area (Å²) in [6.45, 7) is 2.63. The Morgan fingerprint density at radius 1 is 1.12 bits per heavy atom. The summed E-state index contributed by atoms with van der Waals surface area (Å²) in [6.07, 6.45) is 0. The van der Waals surface area contributed by atoms with Gasteiger partial charge < -0.3 is 18.9 Å². The zero-order chi connectivity index (χ0) is 18.6. The molecule has 1 N–H and O–H groups in total. The molecule has 0 unspecified atom stereocenters. The van der Waals surface area contributed by atoms with Crippen LogP contribution in [0.25, 0.3) is 0 Å². The molecule has 3 rings (SSSR count). The Kier molecular flexibility index (Phi) is 5.90. The van der Waals surface area contributed by atoms with Gasteiger partial charge in [0.15, 0.2) is 11.5 Å². The summed E-state index contributed by atoms with van der Waals surface area (Å²) < 4.78 is 49.7. The molecule has 0 atom stereocenters. The van der Waals surface area contributed by atoms with Crippen LogP contribution in [0.5, 0.6) is 23.0 Å². The third kappa shape index (κ3) is 4.40. The van der Waals surface area contributed by atoms with Crippen LogP contribution in [0.3, 0.4) is 0 Å². The summed E-state index contributed by atoms with van der Waals surface area (Å²) in [5, 5.41) is 0. The van der Waals surface area contributed by atoms with Crippen molar-refractivity contribution in [2.45, 2.75) is 11.8 Å². The van der Waals surface area contributed by atoms with Crippen molar-refractivity contribution in [3.05, 3.63) is 40.9 Å². The first kappa shape index (κ1) is 18.8. The van der Waals surface area contributed by atoms with Crippen molar-refractivity contribution in [2.75, 3.05) is 26.6 Å². The normalized spacial score (nSPS) is 12.8. The molecule has 1 heterocycles. The molecule has 7 nitrogen and oxygen atoms in total. The van der Waals surface area contributed by atoms with E-state index in [0.29, 0.717) is 34.1 Å². The molecule has 0 spiro atoms. The van der Waals surface area contributed by atoms with Gasteiger partial charge in [0, 0.05) is 17.1 Å². The van der Waals surface area contributed by atoms with E-state index in [1.807, 2.05) is 0 Å². The molecule has 1 aliphatic rings. The number of halogens is 1. The van der Waals surface area contributed by atoms with Crippen LogP contribution in [0.4, 0.5) is 0 Å². The molecule has 140 valence electrons. The lowest BCUT2D eigenvalue weighted by Crippen LogP contribution is -2.28. The first-order valence-corrected chi connectivity index (χ1v) is 10.2. The Morgan fingerprint density at radius 2 is 1.92 bits per heavy atom. The molecule has 2 aromatic rings. The number of nitrogens with one attached hydrogen (secondary N) is 1. The third-order valence-corrected chi connectivity index (χ3v) is 5.48. The van der Waals surface area contributed by atoms with Crippen molar-refractivity contribution in [1.82, 2.24) is 4.72 Å². The second-order valence-electron chi connectivity index (χ2n) is 5.29. The summed E-state index contributed by atoms with van der Waals surface area (Å²) in [4.78, 5) is 0.0804. The van der Waals surface area contributed by atoms with E-state index < -0.39 is 10.0 Å². The molecular formula is C17H18BrNO6S. The predicted octanol–water partition coefficient (Wildman–Crippen LogP) is 2.93. The summed E-state index contributed by atoms with van der Waals surface area (Å²) in [7, 11) is -3.73. The SMILES string of the molecule is CCOc1ccc(Br)cc1S(=O)(=O)NCCOc1ccc2c(c1)OCO2. The maximum atomic E-state index is 12.5. The van der Waals surface area contributed by atoms with Gasteiger partial charge in [-0.25, -0.2) is 13.1 Å². The Balaban J connectivity index is 1.59. The van der Waals surface area contributed by atoms with E-state index in [1.54, 1.807) is 37.3 Å². The van der Waals surface area contributed by atoms with Gasteiger partial charge >= 0.3 is 0 Å². The van der Waals surface area contributed by atoms with E-state index in [1.165, 1.54) is 6.07 Å². The zero-order valence-corrected chi connectivity index (χ0v) is 16.4. The molecule has 0 saturated carbocycles. The van der Waals surface area contributed by atoms with E-state index in [0.717, 1.165) is 0 Å². The first-order valence-electron chi connectivity index (χ1n) is 7.94. The lowest BCUT2D eigenvalue weighted by atomic mass is 10.3. The Bertz CT molecular complexity index is 887. The van der Waals surface area contributed by atoms with Crippen LogP contribution < -0.4 is 23.7 Å². The van der Waals surface area contributed by atoms with Crippen molar-refractivity contribution in [3.8, 4) is 23.0 Å². The smallest absolute Gasteiger partial charge is 0.244 e. The fourth-order valence-electron chi connectivity index (χ4n) is 2.36. The van der Waals surface area contributed by atoms with E-state index in [2.05, 4.69) is 20.7 Å². The van der Waals surface area contributed by atoms with Gasteiger partial charge in [-0.05, 0) is 37.3 Å². The van der Waals surface area contributed by atoms with Crippen molar-refractivity contribution in [2.24, 2.45) is 0 Å². The van der Waals surface area contributed by atoms with E-state index >= 15 is 0 Å². The molecule has 0 aliphatic carbocycles. The highest BCUT2D eigenvalue weighted by Crippen LogP contribution is 2.35. The van der Waals surface area contributed by atoms with Crippen molar-refractivity contribution in [3.63, 3.8) is 0 Å². The van der Waals surface area contributed by atoms with Crippen molar-refractivity contribution in [1.29, 1.82) is 0 Å². The van der Waals surface area contributed by atoms with Crippen LogP contribution in [-0.2, 0) is 10.0 Å². The second-order valence-corrected chi connectivity index (χ2v) is 7.94. The number of hydrogen-bond acceptors (Lipinski definition) is 6. The van der Waals surface area contributed by atoms with Gasteiger partial charge in [0.2, 0.25) is 16.8 Å². The maximum Gasteiger partial charge on any atom is 0.244 e. The lowest BCUT2D eigenvalue weighted by molar-refractivity contribution is 0.173. The molecule has 0 amide bonds. The van der Waals surface area contributed by atoms with Crippen LogP contribution >= 0.6 is 15.9 Å². The highest BCUT2D eigenvalue weighted by atomic mass is 79.9. The molecule has 1 aliphatic heterocycles. The van der Waals surface area contributed by atoms with Gasteiger partial charge in [-0.2, -0.15) is 0 Å². The molecule has 0 saturated heterocycles. The van der Waals surface area contributed by atoms with E-state index in [4.69, 9.17) is 18.9 Å². The molecule has 0 bridgehead atoms. The van der Waals surface area contributed by atoms with Crippen LogP contribution in [0.2, 0.25) is 0 Å². The monoisotopic (exact) mass is 443 g/mol. The molecule has 0 aromatic heterocycles. The second kappa shape index (κ2) is 8.15. The quantitative estimate of drug-likeness (QED) is 0.631. The minimum atomic E-state index is -3.73. The minimum Gasteiger partial charge on any atom is -0.492 e. The van der Waals surface area contributed by atoms with Crippen molar-refractivity contribution >= 4 is 26.0 Å². The number of hydrogen-bond donors (Lipinski definition) is 1. The fraction of sp³-hybridized carbons (Fsp3) is 0.294. The highest BCUT2D eigenvalue weighted by Gasteiger charge is 2.20. The van der Waals surface area contributed by atoms with Gasteiger partial charge in [-0.15, -0.1) is 0 Å². The van der Waals surface area contributed by atoms with E-state index in [-0.39, 0.29) is 24.8 Å². The molecule has 0 radical (unpaired) electrons. The first-order chi connectivity index (χ1) is 12.5. The van der Waals surface area contributed by atoms with Crippen LogP contribution in [0.1, 0.15) is 6.92 Å². The summed E-state index contributed by atoms with van der Waals surface area (Å²) >= 11 is 3.28. The lowest BCUT2D eigenvalue weighted by Gasteiger charge is -2.13. The standard InChI is InChI=1S/C17H18BrNO6S/c1-2-22-15-5-3-12(18)9-17(15)26(20,21)19-7-8-23-13-4-6-14-16(10-13)25-11-24-14/h3-6,9-10,19H,2,7-8,11H2,1H3. The predicted molar refractivity (Wildman–Crippen MR) is 98.6 cm³/mol. The largest absolute Gasteiger partial charge is 0.492 e. The summed E-state index contributed by atoms with van der Waals surface area (Å²) in [5.41, 5.74) is 0. The highest BCUT2D eigenvalue weighted by molar-refractivity contribution is 9.10. The zero-order valence-electron chi connectivity index (χ0n) is 14.0. The third-order valence-electron chi connectivity index (χ3n) is 3.50. The summed E-state index contributed by atoms with van der Waals surface area (Å²) in [5.74, 6) is 2.15. The molecule has 2 aromatic carbocycles. The van der Waals surface area contributed by atoms with Gasteiger partial charge in [-0.3, -0.25) is 0 Å². The fourth-order valence-corrected chi connectivity index (χ4v) is 4.05. The van der Waals surface area contributed by atoms with Crippen LogP contribution in [0, 0.1) is 0 Å². The summed E-state index contributed by atoms with van der Waals surface area (Å²) in [6, 6.07) is 10.0. The molecular weight excluding hydrogens is 426 g/mol. The van der Waals surface area contributed by atoms with Crippen LogP contribution in [0.15, 0.2) is 45.8 Å². The number of sulfonamides is 1. The average molecular weight is 444 g/mol. The number of fused-ring (bicyclic) bond motifs is 1. The number of benzene rings is 2. The molecule has 9 heteroatoms. The Morgan fingerprint density at radius 3 is 2.73 bits per heavy atom. The average Bonchev–Trinajstić information content (AvgIpc) is 3.08. The maximum absolute atomic E-state index is 12.5. The van der Waals surface area contributed by atoms with Gasteiger partial charge in [-0.1, -0.05) is 15.9 Å². The minimum absolute atomic E-state index is 0.0804. The van der Waals surface area contributed by atoms with E-state index in [9.17, 15) is 8.42 Å². The van der Waals surface area contributed by atoms with Gasteiger partial charge in [0.05, 0.1) is 6.61 Å². The number of rotatable bonds is 8.